The van der Waals surface area contributed by atoms with Gasteiger partial charge in [-0.1, -0.05) is 0 Å². The maximum Gasteiger partial charge on any atom is 0.0469 e. The van der Waals surface area contributed by atoms with Crippen molar-refractivity contribution in [2.45, 2.75) is 31.3 Å². The van der Waals surface area contributed by atoms with E-state index >= 15 is 0 Å². The number of fused-ring (bicyclic) bond motifs is 2. The number of rotatable bonds is 2. The zero-order valence-corrected chi connectivity index (χ0v) is 8.74. The summed E-state index contributed by atoms with van der Waals surface area (Å²) in [4.78, 5) is 2.71. The lowest BCUT2D eigenvalue weighted by molar-refractivity contribution is 0.0489. The summed E-state index contributed by atoms with van der Waals surface area (Å²) < 4.78 is 5.40. The maximum absolute atomic E-state index is 5.40. The predicted octanol–water partition coefficient (Wildman–Crippen LogP) is 0.459. The van der Waals surface area contributed by atoms with Crippen LogP contribution >= 0.6 is 0 Å². The number of hydrogen-bond acceptors (Lipinski definition) is 3. The minimum atomic E-state index is 0.805. The molecule has 0 amide bonds. The molecule has 3 heterocycles. The van der Waals surface area contributed by atoms with Gasteiger partial charge in [0.05, 0.1) is 0 Å². The second-order valence-electron chi connectivity index (χ2n) is 5.00. The lowest BCUT2D eigenvalue weighted by atomic mass is 9.99. The highest BCUT2D eigenvalue weighted by molar-refractivity contribution is 4.97. The van der Waals surface area contributed by atoms with Crippen molar-refractivity contribution in [2.24, 2.45) is 5.92 Å². The van der Waals surface area contributed by atoms with Gasteiger partial charge in [0.1, 0.15) is 0 Å². The van der Waals surface area contributed by atoms with Gasteiger partial charge in [0.25, 0.3) is 0 Å². The maximum atomic E-state index is 5.40. The Morgan fingerprint density at radius 2 is 2.14 bits per heavy atom. The molecule has 0 aliphatic carbocycles. The number of nitrogens with one attached hydrogen (secondary N) is 1. The summed E-state index contributed by atoms with van der Waals surface area (Å²) >= 11 is 0. The van der Waals surface area contributed by atoms with Crippen LogP contribution < -0.4 is 5.32 Å². The number of piperazine rings is 1. The van der Waals surface area contributed by atoms with Crippen LogP contribution in [0.2, 0.25) is 0 Å². The Morgan fingerprint density at radius 3 is 2.79 bits per heavy atom. The zero-order valence-electron chi connectivity index (χ0n) is 8.74. The predicted molar refractivity (Wildman–Crippen MR) is 55.3 cm³/mol. The molecule has 14 heavy (non-hydrogen) atoms. The fourth-order valence-corrected chi connectivity index (χ4v) is 3.13. The van der Waals surface area contributed by atoms with Crippen molar-refractivity contribution in [1.29, 1.82) is 0 Å². The fourth-order valence-electron chi connectivity index (χ4n) is 3.13. The van der Waals surface area contributed by atoms with Gasteiger partial charge in [-0.25, -0.2) is 0 Å². The van der Waals surface area contributed by atoms with Crippen LogP contribution in [0, 0.1) is 5.92 Å². The van der Waals surface area contributed by atoms with E-state index in [1.165, 1.54) is 38.9 Å². The third kappa shape index (κ3) is 1.69. The number of ether oxygens (including phenoxy) is 1. The third-order valence-electron chi connectivity index (χ3n) is 4.00. The van der Waals surface area contributed by atoms with Gasteiger partial charge in [0.2, 0.25) is 0 Å². The van der Waals surface area contributed by atoms with Crippen LogP contribution in [0.4, 0.5) is 0 Å². The molecule has 2 bridgehead atoms. The Hall–Kier alpha value is -0.120. The average Bonchev–Trinajstić information content (AvgIpc) is 2.81. The van der Waals surface area contributed by atoms with E-state index in [9.17, 15) is 0 Å². The van der Waals surface area contributed by atoms with Crippen molar-refractivity contribution in [1.82, 2.24) is 10.2 Å². The monoisotopic (exact) mass is 196 g/mol. The third-order valence-corrected chi connectivity index (χ3v) is 4.00. The molecule has 3 rings (SSSR count). The molecule has 3 heteroatoms. The molecule has 3 fully saturated rings. The Balaban J connectivity index is 1.52. The van der Waals surface area contributed by atoms with Crippen molar-refractivity contribution >= 4 is 0 Å². The molecule has 0 radical (unpaired) electrons. The fraction of sp³-hybridized carbons (Fsp3) is 1.00. The first-order valence-corrected chi connectivity index (χ1v) is 5.97. The average molecular weight is 196 g/mol. The molecule has 0 unspecified atom stereocenters. The molecule has 0 aromatic carbocycles. The quantitative estimate of drug-likeness (QED) is 0.694. The van der Waals surface area contributed by atoms with E-state index in [1.54, 1.807) is 0 Å². The van der Waals surface area contributed by atoms with Gasteiger partial charge in [0.15, 0.2) is 0 Å². The lowest BCUT2D eigenvalue weighted by Gasteiger charge is -2.32. The highest BCUT2D eigenvalue weighted by atomic mass is 16.5. The summed E-state index contributed by atoms with van der Waals surface area (Å²) in [7, 11) is 0. The number of likely N-dealkylation sites (tertiary alicyclic amines) is 1. The molecular weight excluding hydrogens is 176 g/mol. The molecule has 1 N–H and O–H groups in total. The number of hydrogen-bond donors (Lipinski definition) is 1. The van der Waals surface area contributed by atoms with E-state index in [2.05, 4.69) is 10.2 Å². The summed E-state index contributed by atoms with van der Waals surface area (Å²) in [5.41, 5.74) is 0. The van der Waals surface area contributed by atoms with Gasteiger partial charge < -0.3 is 10.1 Å². The summed E-state index contributed by atoms with van der Waals surface area (Å²) in [5.74, 6) is 0.906. The Kier molecular flexibility index (Phi) is 2.48. The van der Waals surface area contributed by atoms with E-state index in [-0.39, 0.29) is 0 Å². The first kappa shape index (κ1) is 9.13. The summed E-state index contributed by atoms with van der Waals surface area (Å²) in [6, 6.07) is 1.66. The molecule has 0 aromatic heterocycles. The van der Waals surface area contributed by atoms with Gasteiger partial charge in [-0.05, 0) is 25.2 Å². The molecule has 3 aliphatic heterocycles. The Bertz CT molecular complexity index is 203. The topological polar surface area (TPSA) is 24.5 Å². The summed E-state index contributed by atoms with van der Waals surface area (Å²) in [6.07, 6.45) is 3.95. The molecular formula is C11H20N2O. The van der Waals surface area contributed by atoms with Crippen molar-refractivity contribution < 1.29 is 4.74 Å². The Morgan fingerprint density at radius 1 is 1.29 bits per heavy atom. The standard InChI is InChI=1S/C11H20N2O/c1-3-14-4-2-9(1)7-13-8-10-5-11(13)6-12-10/h9-12H,1-8H2/t10-,11-/m0/s1. The second-order valence-corrected chi connectivity index (χ2v) is 5.00. The van der Waals surface area contributed by atoms with Crippen LogP contribution in [0.25, 0.3) is 0 Å². The lowest BCUT2D eigenvalue weighted by Crippen LogP contribution is -2.45. The first-order chi connectivity index (χ1) is 6.92. The van der Waals surface area contributed by atoms with Crippen LogP contribution in [-0.4, -0.2) is 49.8 Å². The van der Waals surface area contributed by atoms with E-state index in [0.29, 0.717) is 0 Å². The summed E-state index contributed by atoms with van der Waals surface area (Å²) in [5, 5.41) is 3.56. The van der Waals surface area contributed by atoms with E-state index < -0.39 is 0 Å². The van der Waals surface area contributed by atoms with E-state index in [1.807, 2.05) is 0 Å². The Labute approximate surface area is 85.8 Å². The molecule has 80 valence electrons. The van der Waals surface area contributed by atoms with E-state index in [4.69, 9.17) is 4.74 Å². The molecule has 3 aliphatic rings. The van der Waals surface area contributed by atoms with Gasteiger partial charge in [-0.3, -0.25) is 4.90 Å². The van der Waals surface area contributed by atoms with Gasteiger partial charge >= 0.3 is 0 Å². The van der Waals surface area contributed by atoms with E-state index in [0.717, 1.165) is 31.2 Å². The highest BCUT2D eigenvalue weighted by Gasteiger charge is 2.38. The van der Waals surface area contributed by atoms with Gasteiger partial charge in [0, 0.05) is 44.9 Å². The van der Waals surface area contributed by atoms with Crippen molar-refractivity contribution in [2.75, 3.05) is 32.8 Å². The highest BCUT2D eigenvalue weighted by Crippen LogP contribution is 2.26. The molecule has 0 spiro atoms. The van der Waals surface area contributed by atoms with Crippen LogP contribution in [-0.2, 0) is 4.74 Å². The molecule has 3 nitrogen and oxygen atoms in total. The minimum absolute atomic E-state index is 0.805. The largest absolute Gasteiger partial charge is 0.381 e. The van der Waals surface area contributed by atoms with Crippen molar-refractivity contribution in [3.63, 3.8) is 0 Å². The van der Waals surface area contributed by atoms with Crippen LogP contribution in [0.5, 0.6) is 0 Å². The summed E-state index contributed by atoms with van der Waals surface area (Å²) in [6.45, 7) is 5.83. The normalized spacial score (nSPS) is 39.4. The van der Waals surface area contributed by atoms with Crippen LogP contribution in [0.15, 0.2) is 0 Å². The van der Waals surface area contributed by atoms with Crippen LogP contribution in [0.3, 0.4) is 0 Å². The molecule has 0 saturated carbocycles. The van der Waals surface area contributed by atoms with Crippen molar-refractivity contribution in [3.05, 3.63) is 0 Å². The van der Waals surface area contributed by atoms with Crippen molar-refractivity contribution in [3.8, 4) is 0 Å². The zero-order chi connectivity index (χ0) is 9.38. The smallest absolute Gasteiger partial charge is 0.0469 e. The molecule has 0 aromatic rings. The second kappa shape index (κ2) is 3.80. The van der Waals surface area contributed by atoms with Gasteiger partial charge in [-0.15, -0.1) is 0 Å². The SMILES string of the molecule is C1CC(CN2C[C@@H]3C[C@H]2CN3)CCO1. The van der Waals surface area contributed by atoms with Crippen LogP contribution in [0.1, 0.15) is 19.3 Å². The molecule has 2 atom stereocenters. The minimum Gasteiger partial charge on any atom is -0.381 e. The number of nitrogens with zero attached hydrogens (tertiary/aromatic N) is 1. The molecule has 3 saturated heterocycles. The first-order valence-electron chi connectivity index (χ1n) is 5.97. The van der Waals surface area contributed by atoms with Gasteiger partial charge in [-0.2, -0.15) is 0 Å².